The third-order valence-corrected chi connectivity index (χ3v) is 4.61. The van der Waals surface area contributed by atoms with Gasteiger partial charge in [0.25, 0.3) is 5.91 Å². The van der Waals surface area contributed by atoms with Crippen molar-refractivity contribution < 1.29 is 19.1 Å². The molecule has 0 spiro atoms. The number of carbonyl (C=O) groups excluding carboxylic acids is 2. The molecule has 6 nitrogen and oxygen atoms in total. The van der Waals surface area contributed by atoms with Gasteiger partial charge in [-0.1, -0.05) is 13.0 Å². The number of hydrogen-bond acceptors (Lipinski definition) is 6. The predicted molar refractivity (Wildman–Crippen MR) is 95.3 cm³/mol. The largest absolute Gasteiger partial charge is 0.494 e. The van der Waals surface area contributed by atoms with E-state index in [-0.39, 0.29) is 11.5 Å². The first-order valence-electron chi connectivity index (χ1n) is 7.67. The molecular formula is C18H18N2O4S. The molecule has 130 valence electrons. The van der Waals surface area contributed by atoms with Gasteiger partial charge in [-0.3, -0.25) is 4.79 Å². The minimum atomic E-state index is -0.533. The molecule has 2 aromatic rings. The van der Waals surface area contributed by atoms with Crippen molar-refractivity contribution in [2.24, 2.45) is 0 Å². The van der Waals surface area contributed by atoms with E-state index >= 15 is 0 Å². The van der Waals surface area contributed by atoms with Crippen LogP contribution in [0.25, 0.3) is 0 Å². The van der Waals surface area contributed by atoms with Gasteiger partial charge >= 0.3 is 5.97 Å². The van der Waals surface area contributed by atoms with E-state index in [1.807, 2.05) is 13.0 Å². The Balaban J connectivity index is 2.26. The van der Waals surface area contributed by atoms with Crippen molar-refractivity contribution in [3.8, 4) is 11.8 Å². The molecule has 0 aliphatic carbocycles. The van der Waals surface area contributed by atoms with Gasteiger partial charge in [0.2, 0.25) is 0 Å². The molecule has 1 heterocycles. The van der Waals surface area contributed by atoms with Crippen LogP contribution in [0.5, 0.6) is 5.75 Å². The summed E-state index contributed by atoms with van der Waals surface area (Å²) in [7, 11) is 1.27. The highest BCUT2D eigenvalue weighted by Crippen LogP contribution is 2.33. The number of anilines is 1. The topological polar surface area (TPSA) is 88.4 Å². The summed E-state index contributed by atoms with van der Waals surface area (Å²) in [5, 5.41) is 12.3. The quantitative estimate of drug-likeness (QED) is 0.794. The normalized spacial score (nSPS) is 10.0. The van der Waals surface area contributed by atoms with Crippen molar-refractivity contribution in [3.05, 3.63) is 45.8 Å². The molecule has 0 bridgehead atoms. The fourth-order valence-corrected chi connectivity index (χ4v) is 3.22. The van der Waals surface area contributed by atoms with E-state index in [0.717, 1.165) is 17.8 Å². The number of carbonyl (C=O) groups is 2. The lowest BCUT2D eigenvalue weighted by Gasteiger charge is -2.07. The van der Waals surface area contributed by atoms with Crippen molar-refractivity contribution >= 4 is 28.2 Å². The minimum Gasteiger partial charge on any atom is -0.494 e. The molecule has 2 rings (SSSR count). The highest BCUT2D eigenvalue weighted by molar-refractivity contribution is 7.18. The van der Waals surface area contributed by atoms with Crippen LogP contribution in [0.2, 0.25) is 0 Å². The molecule has 0 fully saturated rings. The third-order valence-electron chi connectivity index (χ3n) is 3.43. The minimum absolute atomic E-state index is 0.261. The van der Waals surface area contributed by atoms with E-state index < -0.39 is 5.97 Å². The Kier molecular flexibility index (Phi) is 6.14. The number of rotatable bonds is 6. The van der Waals surface area contributed by atoms with E-state index in [4.69, 9.17) is 9.47 Å². The lowest BCUT2D eigenvalue weighted by atomic mass is 10.1. The smallest absolute Gasteiger partial charge is 0.348 e. The fraction of sp³-hybridized carbons (Fsp3) is 0.278. The number of nitriles is 1. The fourth-order valence-electron chi connectivity index (χ4n) is 2.15. The summed E-state index contributed by atoms with van der Waals surface area (Å²) >= 11 is 1.02. The summed E-state index contributed by atoms with van der Waals surface area (Å²) in [6.45, 7) is 4.21. The molecule has 0 unspecified atom stereocenters. The van der Waals surface area contributed by atoms with Gasteiger partial charge in [0.05, 0.1) is 19.3 Å². The Bertz CT molecular complexity index is 836. The maximum absolute atomic E-state index is 12.5. The second-order valence-corrected chi connectivity index (χ2v) is 6.21. The molecule has 7 heteroatoms. The van der Waals surface area contributed by atoms with Gasteiger partial charge < -0.3 is 14.8 Å². The van der Waals surface area contributed by atoms with Crippen LogP contribution in [0, 0.1) is 18.3 Å². The standard InChI is InChI=1S/C18H18N2O4S/c1-4-8-24-13-7-5-6-12(9-13)16(21)20-17-14(10-19)11(2)15(25-17)18(22)23-3/h5-7,9H,4,8H2,1-3H3,(H,20,21). The monoisotopic (exact) mass is 358 g/mol. The number of thiophene rings is 1. The van der Waals surface area contributed by atoms with Crippen LogP contribution in [0.3, 0.4) is 0 Å². The van der Waals surface area contributed by atoms with Crippen LogP contribution in [-0.4, -0.2) is 25.6 Å². The zero-order valence-electron chi connectivity index (χ0n) is 14.2. The Morgan fingerprint density at radius 1 is 1.36 bits per heavy atom. The van der Waals surface area contributed by atoms with E-state index in [0.29, 0.717) is 33.4 Å². The first-order chi connectivity index (χ1) is 12.0. The molecule has 1 N–H and O–H groups in total. The molecule has 0 atom stereocenters. The summed E-state index contributed by atoms with van der Waals surface area (Å²) in [4.78, 5) is 24.5. The molecule has 0 aliphatic rings. The van der Waals surface area contributed by atoms with Crippen LogP contribution >= 0.6 is 11.3 Å². The van der Waals surface area contributed by atoms with Gasteiger partial charge in [-0.05, 0) is 37.1 Å². The number of nitrogens with one attached hydrogen (secondary N) is 1. The van der Waals surface area contributed by atoms with Crippen molar-refractivity contribution in [2.45, 2.75) is 20.3 Å². The molecule has 1 aromatic carbocycles. The predicted octanol–water partition coefficient (Wildman–Crippen LogP) is 3.76. The van der Waals surface area contributed by atoms with Gasteiger partial charge in [-0.25, -0.2) is 4.79 Å². The Labute approximate surface area is 150 Å². The maximum atomic E-state index is 12.5. The van der Waals surface area contributed by atoms with Gasteiger partial charge in [0.15, 0.2) is 0 Å². The van der Waals surface area contributed by atoms with Crippen LogP contribution in [0.1, 0.15) is 44.5 Å². The summed E-state index contributed by atoms with van der Waals surface area (Å²) < 4.78 is 10.2. The van der Waals surface area contributed by atoms with Crippen molar-refractivity contribution in [1.82, 2.24) is 0 Å². The van der Waals surface area contributed by atoms with E-state index in [9.17, 15) is 14.9 Å². The Hall–Kier alpha value is -2.85. The Morgan fingerprint density at radius 3 is 2.76 bits per heavy atom. The highest BCUT2D eigenvalue weighted by atomic mass is 32.1. The molecular weight excluding hydrogens is 340 g/mol. The summed E-state index contributed by atoms with van der Waals surface area (Å²) in [6.07, 6.45) is 0.868. The van der Waals surface area contributed by atoms with Crippen LogP contribution in [-0.2, 0) is 4.74 Å². The van der Waals surface area contributed by atoms with Crippen LogP contribution < -0.4 is 10.1 Å². The average Bonchev–Trinajstić information content (AvgIpc) is 2.94. The number of ether oxygens (including phenoxy) is 2. The van der Waals surface area contributed by atoms with Gasteiger partial charge in [0.1, 0.15) is 21.7 Å². The second-order valence-electron chi connectivity index (χ2n) is 5.19. The first-order valence-corrected chi connectivity index (χ1v) is 8.49. The van der Waals surface area contributed by atoms with Gasteiger partial charge in [-0.2, -0.15) is 5.26 Å². The SMILES string of the molecule is CCCOc1cccc(C(=O)Nc2sc(C(=O)OC)c(C)c2C#N)c1. The number of methoxy groups -OCH3 is 1. The number of hydrogen-bond donors (Lipinski definition) is 1. The maximum Gasteiger partial charge on any atom is 0.348 e. The lowest BCUT2D eigenvalue weighted by molar-refractivity contribution is 0.0605. The second kappa shape index (κ2) is 8.31. The van der Waals surface area contributed by atoms with E-state index in [1.54, 1.807) is 31.2 Å². The molecule has 1 aromatic heterocycles. The van der Waals surface area contributed by atoms with Crippen LogP contribution in [0.4, 0.5) is 5.00 Å². The summed E-state index contributed by atoms with van der Waals surface area (Å²) in [5.74, 6) is -0.307. The molecule has 25 heavy (non-hydrogen) atoms. The number of nitrogens with zero attached hydrogens (tertiary/aromatic N) is 1. The summed E-state index contributed by atoms with van der Waals surface area (Å²) in [6, 6.07) is 8.82. The van der Waals surface area contributed by atoms with Crippen molar-refractivity contribution in [1.29, 1.82) is 5.26 Å². The summed E-state index contributed by atoms with van der Waals surface area (Å²) in [5.41, 5.74) is 1.16. The lowest BCUT2D eigenvalue weighted by Crippen LogP contribution is -2.12. The Morgan fingerprint density at radius 2 is 2.12 bits per heavy atom. The molecule has 0 saturated carbocycles. The third kappa shape index (κ3) is 4.17. The van der Waals surface area contributed by atoms with E-state index in [1.165, 1.54) is 7.11 Å². The van der Waals surface area contributed by atoms with Gasteiger partial charge in [-0.15, -0.1) is 11.3 Å². The molecule has 1 amide bonds. The molecule has 0 saturated heterocycles. The zero-order chi connectivity index (χ0) is 18.4. The number of benzene rings is 1. The van der Waals surface area contributed by atoms with Gasteiger partial charge in [0, 0.05) is 5.56 Å². The van der Waals surface area contributed by atoms with Crippen LogP contribution in [0.15, 0.2) is 24.3 Å². The van der Waals surface area contributed by atoms with Crippen molar-refractivity contribution in [3.63, 3.8) is 0 Å². The average molecular weight is 358 g/mol. The zero-order valence-corrected chi connectivity index (χ0v) is 15.0. The van der Waals surface area contributed by atoms with Crippen molar-refractivity contribution in [2.75, 3.05) is 19.0 Å². The highest BCUT2D eigenvalue weighted by Gasteiger charge is 2.22. The number of esters is 1. The molecule has 0 radical (unpaired) electrons. The van der Waals surface area contributed by atoms with E-state index in [2.05, 4.69) is 5.32 Å². The molecule has 0 aliphatic heterocycles. The first kappa shape index (κ1) is 18.5. The number of amides is 1.